The number of nitrogens with one attached hydrogen (secondary N) is 1. The lowest BCUT2D eigenvalue weighted by Crippen LogP contribution is -2.29. The quantitative estimate of drug-likeness (QED) is 0.841. The summed E-state index contributed by atoms with van der Waals surface area (Å²) in [6, 6.07) is 5.69. The first-order valence-corrected chi connectivity index (χ1v) is 7.77. The van der Waals surface area contributed by atoms with Crippen molar-refractivity contribution in [3.8, 4) is 11.5 Å². The zero-order valence-corrected chi connectivity index (χ0v) is 13.6. The van der Waals surface area contributed by atoms with Gasteiger partial charge in [0.2, 0.25) is 5.91 Å². The number of hydrogen-bond acceptors (Lipinski definition) is 4. The fourth-order valence-electron chi connectivity index (χ4n) is 2.73. The number of ether oxygens (including phenoxy) is 3. The number of rotatable bonds is 7. The van der Waals surface area contributed by atoms with Crippen LogP contribution in [0.15, 0.2) is 18.2 Å². The van der Waals surface area contributed by atoms with Crippen LogP contribution in [0.3, 0.4) is 0 Å². The molecule has 122 valence electrons. The van der Waals surface area contributed by atoms with Crippen LogP contribution in [-0.2, 0) is 9.53 Å². The maximum atomic E-state index is 11.6. The van der Waals surface area contributed by atoms with E-state index in [-0.39, 0.29) is 18.6 Å². The average molecular weight is 307 g/mol. The van der Waals surface area contributed by atoms with Gasteiger partial charge in [0.25, 0.3) is 0 Å². The van der Waals surface area contributed by atoms with E-state index in [1.165, 1.54) is 20.0 Å². The van der Waals surface area contributed by atoms with Crippen molar-refractivity contribution in [3.05, 3.63) is 23.8 Å². The molecule has 0 radical (unpaired) electrons. The summed E-state index contributed by atoms with van der Waals surface area (Å²) in [7, 11) is 3.14. The van der Waals surface area contributed by atoms with Crippen molar-refractivity contribution in [1.29, 1.82) is 0 Å². The molecule has 0 bridgehead atoms. The molecule has 1 aromatic carbocycles. The van der Waals surface area contributed by atoms with Gasteiger partial charge in [-0.15, -0.1) is 0 Å². The van der Waals surface area contributed by atoms with Gasteiger partial charge < -0.3 is 19.5 Å². The largest absolute Gasteiger partial charge is 0.493 e. The van der Waals surface area contributed by atoms with Crippen LogP contribution in [-0.4, -0.2) is 32.8 Å². The van der Waals surface area contributed by atoms with Crippen LogP contribution in [0.5, 0.6) is 11.5 Å². The first-order valence-electron chi connectivity index (χ1n) is 7.77. The van der Waals surface area contributed by atoms with Gasteiger partial charge in [0.15, 0.2) is 11.5 Å². The molecular formula is C17H25NO4. The van der Waals surface area contributed by atoms with Gasteiger partial charge in [-0.25, -0.2) is 0 Å². The molecule has 2 rings (SSSR count). The molecule has 0 heterocycles. The molecule has 1 N–H and O–H groups in total. The molecule has 5 nitrogen and oxygen atoms in total. The second-order valence-corrected chi connectivity index (χ2v) is 5.66. The van der Waals surface area contributed by atoms with E-state index in [4.69, 9.17) is 14.2 Å². The smallest absolute Gasteiger partial charge is 0.246 e. The summed E-state index contributed by atoms with van der Waals surface area (Å²) in [5.74, 6) is 1.34. The number of methoxy groups -OCH3 is 2. The molecular weight excluding hydrogens is 282 g/mol. The highest BCUT2D eigenvalue weighted by molar-refractivity contribution is 5.77. The van der Waals surface area contributed by atoms with Crippen molar-refractivity contribution in [3.63, 3.8) is 0 Å². The van der Waals surface area contributed by atoms with E-state index >= 15 is 0 Å². The van der Waals surface area contributed by atoms with E-state index in [1.54, 1.807) is 7.11 Å². The first-order chi connectivity index (χ1) is 10.6. The van der Waals surface area contributed by atoms with Gasteiger partial charge in [-0.2, -0.15) is 0 Å². The third-order valence-corrected chi connectivity index (χ3v) is 3.94. The predicted molar refractivity (Wildman–Crippen MR) is 84.3 cm³/mol. The molecule has 1 fully saturated rings. The summed E-state index contributed by atoms with van der Waals surface area (Å²) in [6.45, 7) is 1.99. The SMILES string of the molecule is COCC(=O)N[C@H](C)c1ccc(OC2CCCC2)c(OC)c1. The van der Waals surface area contributed by atoms with Gasteiger partial charge in [-0.05, 0) is 50.3 Å². The van der Waals surface area contributed by atoms with Crippen LogP contribution >= 0.6 is 0 Å². The summed E-state index contributed by atoms with van der Waals surface area (Å²) in [4.78, 5) is 11.6. The van der Waals surface area contributed by atoms with Crippen molar-refractivity contribution in [2.75, 3.05) is 20.8 Å². The van der Waals surface area contributed by atoms with Crippen LogP contribution < -0.4 is 14.8 Å². The maximum absolute atomic E-state index is 11.6. The van der Waals surface area contributed by atoms with Crippen LogP contribution in [0.1, 0.15) is 44.2 Å². The van der Waals surface area contributed by atoms with E-state index in [1.807, 2.05) is 25.1 Å². The van der Waals surface area contributed by atoms with E-state index in [9.17, 15) is 4.79 Å². The number of benzene rings is 1. The summed E-state index contributed by atoms with van der Waals surface area (Å²) in [5, 5.41) is 2.88. The lowest BCUT2D eigenvalue weighted by Gasteiger charge is -2.19. The van der Waals surface area contributed by atoms with Crippen molar-refractivity contribution >= 4 is 5.91 Å². The number of amides is 1. The second kappa shape index (κ2) is 8.03. The molecule has 5 heteroatoms. The van der Waals surface area contributed by atoms with Gasteiger partial charge in [-0.3, -0.25) is 4.79 Å². The molecule has 22 heavy (non-hydrogen) atoms. The molecule has 1 aromatic rings. The summed E-state index contributed by atoms with van der Waals surface area (Å²) < 4.78 is 16.3. The highest BCUT2D eigenvalue weighted by Crippen LogP contribution is 2.33. The van der Waals surface area contributed by atoms with Crippen LogP contribution in [0, 0.1) is 0 Å². The summed E-state index contributed by atoms with van der Waals surface area (Å²) in [5.41, 5.74) is 0.972. The zero-order valence-electron chi connectivity index (χ0n) is 13.6. The Balaban J connectivity index is 2.05. The van der Waals surface area contributed by atoms with Crippen molar-refractivity contribution < 1.29 is 19.0 Å². The molecule has 0 saturated heterocycles. The van der Waals surface area contributed by atoms with Crippen LogP contribution in [0.4, 0.5) is 0 Å². The number of carbonyl (C=O) groups is 1. The molecule has 1 amide bonds. The zero-order chi connectivity index (χ0) is 15.9. The molecule has 0 unspecified atom stereocenters. The van der Waals surface area contributed by atoms with Gasteiger partial charge in [0.1, 0.15) is 6.61 Å². The lowest BCUT2D eigenvalue weighted by molar-refractivity contribution is -0.125. The highest BCUT2D eigenvalue weighted by Gasteiger charge is 2.19. The Morgan fingerprint density at radius 3 is 2.64 bits per heavy atom. The fraction of sp³-hybridized carbons (Fsp3) is 0.588. The van der Waals surface area contributed by atoms with Crippen LogP contribution in [0.2, 0.25) is 0 Å². The maximum Gasteiger partial charge on any atom is 0.246 e. The van der Waals surface area contributed by atoms with Crippen molar-refractivity contribution in [2.45, 2.75) is 44.8 Å². The van der Waals surface area contributed by atoms with E-state index in [0.29, 0.717) is 11.9 Å². The Hall–Kier alpha value is -1.75. The van der Waals surface area contributed by atoms with Gasteiger partial charge >= 0.3 is 0 Å². The van der Waals surface area contributed by atoms with Gasteiger partial charge in [0.05, 0.1) is 19.3 Å². The molecule has 1 atom stereocenters. The number of hydrogen-bond donors (Lipinski definition) is 1. The van der Waals surface area contributed by atoms with Crippen molar-refractivity contribution in [2.24, 2.45) is 0 Å². The molecule has 1 saturated carbocycles. The minimum atomic E-state index is -0.139. The first kappa shape index (κ1) is 16.6. The Morgan fingerprint density at radius 1 is 1.27 bits per heavy atom. The molecule has 1 aliphatic rings. The molecule has 0 spiro atoms. The molecule has 1 aliphatic carbocycles. The topological polar surface area (TPSA) is 56.8 Å². The van der Waals surface area contributed by atoms with E-state index in [0.717, 1.165) is 24.2 Å². The second-order valence-electron chi connectivity index (χ2n) is 5.66. The Labute approximate surface area is 131 Å². The normalized spacial score (nSPS) is 16.3. The van der Waals surface area contributed by atoms with Gasteiger partial charge in [0, 0.05) is 7.11 Å². The Morgan fingerprint density at radius 2 is 2.00 bits per heavy atom. The lowest BCUT2D eigenvalue weighted by atomic mass is 10.1. The van der Waals surface area contributed by atoms with Crippen LogP contribution in [0.25, 0.3) is 0 Å². The van der Waals surface area contributed by atoms with Crippen molar-refractivity contribution in [1.82, 2.24) is 5.32 Å². The third-order valence-electron chi connectivity index (χ3n) is 3.94. The van der Waals surface area contributed by atoms with E-state index in [2.05, 4.69) is 5.32 Å². The number of carbonyl (C=O) groups excluding carboxylic acids is 1. The fourth-order valence-corrected chi connectivity index (χ4v) is 2.73. The highest BCUT2D eigenvalue weighted by atomic mass is 16.5. The van der Waals surface area contributed by atoms with E-state index < -0.39 is 0 Å². The summed E-state index contributed by atoms with van der Waals surface area (Å²) >= 11 is 0. The standard InChI is InChI=1S/C17H25NO4/c1-12(18-17(19)11-20-2)13-8-9-15(16(10-13)21-3)22-14-6-4-5-7-14/h8-10,12,14H,4-7,11H2,1-3H3,(H,18,19)/t12-/m1/s1. The Bertz CT molecular complexity index is 497. The Kier molecular flexibility index (Phi) is 6.07. The predicted octanol–water partition coefficient (Wildman–Crippen LogP) is 2.84. The van der Waals surface area contributed by atoms with Gasteiger partial charge in [-0.1, -0.05) is 6.07 Å². The minimum absolute atomic E-state index is 0.0599. The monoisotopic (exact) mass is 307 g/mol. The third kappa shape index (κ3) is 4.37. The minimum Gasteiger partial charge on any atom is -0.493 e. The molecule has 0 aliphatic heterocycles. The summed E-state index contributed by atoms with van der Waals surface area (Å²) in [6.07, 6.45) is 4.96. The average Bonchev–Trinajstić information content (AvgIpc) is 3.00. The molecule has 0 aromatic heterocycles.